The third-order valence-corrected chi connectivity index (χ3v) is 4.59. The summed E-state index contributed by atoms with van der Waals surface area (Å²) in [5.74, 6) is -1.71. The zero-order chi connectivity index (χ0) is 17.3. The summed E-state index contributed by atoms with van der Waals surface area (Å²) in [5, 5.41) is 9.16. The van der Waals surface area contributed by atoms with E-state index in [9.17, 15) is 14.4 Å². The Kier molecular flexibility index (Phi) is 4.20. The van der Waals surface area contributed by atoms with E-state index in [2.05, 4.69) is 4.98 Å². The number of nitrogens with zero attached hydrogens (tertiary/aromatic N) is 1. The van der Waals surface area contributed by atoms with Crippen molar-refractivity contribution in [1.82, 2.24) is 9.88 Å². The summed E-state index contributed by atoms with van der Waals surface area (Å²) >= 11 is 0. The molecule has 2 unspecified atom stereocenters. The van der Waals surface area contributed by atoms with Crippen LogP contribution in [-0.2, 0) is 4.79 Å². The van der Waals surface area contributed by atoms with Gasteiger partial charge in [-0.05, 0) is 31.5 Å². The van der Waals surface area contributed by atoms with Crippen molar-refractivity contribution in [2.75, 3.05) is 6.54 Å². The molecule has 1 aromatic carbocycles. The van der Waals surface area contributed by atoms with Crippen molar-refractivity contribution >= 4 is 17.7 Å². The minimum Gasteiger partial charge on any atom is -0.481 e. The molecule has 2 atom stereocenters. The van der Waals surface area contributed by atoms with E-state index >= 15 is 0 Å². The van der Waals surface area contributed by atoms with E-state index in [0.717, 1.165) is 0 Å². The Morgan fingerprint density at radius 1 is 1.08 bits per heavy atom. The van der Waals surface area contributed by atoms with Gasteiger partial charge in [-0.1, -0.05) is 12.1 Å². The van der Waals surface area contributed by atoms with Crippen LogP contribution in [0.15, 0.2) is 42.7 Å². The number of carboxylic acids is 1. The van der Waals surface area contributed by atoms with E-state index in [1.165, 1.54) is 0 Å². The summed E-state index contributed by atoms with van der Waals surface area (Å²) in [5.41, 5.74) is 1.52. The molecule has 1 aromatic heterocycles. The SMILES string of the molecule is CC1C(C(=O)O)CCN1C(=O)c1ccc(C(=O)c2cc[nH]c2)cc1. The molecule has 1 fully saturated rings. The number of likely N-dealkylation sites (tertiary alicyclic amines) is 1. The summed E-state index contributed by atoms with van der Waals surface area (Å²) < 4.78 is 0. The van der Waals surface area contributed by atoms with Crippen LogP contribution in [0, 0.1) is 5.92 Å². The van der Waals surface area contributed by atoms with E-state index in [-0.39, 0.29) is 17.7 Å². The van der Waals surface area contributed by atoms with Gasteiger partial charge in [-0.25, -0.2) is 0 Å². The predicted octanol–water partition coefficient (Wildman–Crippen LogP) is 2.18. The molecule has 3 rings (SSSR count). The van der Waals surface area contributed by atoms with Crippen LogP contribution in [0.3, 0.4) is 0 Å². The number of aromatic amines is 1. The summed E-state index contributed by atoms with van der Waals surface area (Å²) in [6.07, 6.45) is 3.77. The average molecular weight is 326 g/mol. The first-order chi connectivity index (χ1) is 11.5. The van der Waals surface area contributed by atoms with Crippen molar-refractivity contribution in [2.45, 2.75) is 19.4 Å². The van der Waals surface area contributed by atoms with Crippen LogP contribution in [0.4, 0.5) is 0 Å². The molecule has 1 saturated heterocycles. The van der Waals surface area contributed by atoms with Gasteiger partial charge in [0.1, 0.15) is 0 Å². The number of carbonyl (C=O) groups excluding carboxylic acids is 2. The van der Waals surface area contributed by atoms with Crippen molar-refractivity contribution in [3.63, 3.8) is 0 Å². The van der Waals surface area contributed by atoms with E-state index in [4.69, 9.17) is 5.11 Å². The predicted molar refractivity (Wildman–Crippen MR) is 86.9 cm³/mol. The smallest absolute Gasteiger partial charge is 0.308 e. The number of hydrogen-bond acceptors (Lipinski definition) is 3. The Morgan fingerprint density at radius 3 is 2.29 bits per heavy atom. The van der Waals surface area contributed by atoms with E-state index in [1.54, 1.807) is 54.5 Å². The second kappa shape index (κ2) is 6.31. The van der Waals surface area contributed by atoms with Gasteiger partial charge in [0.15, 0.2) is 5.78 Å². The number of rotatable bonds is 4. The van der Waals surface area contributed by atoms with Crippen molar-refractivity contribution in [3.05, 3.63) is 59.4 Å². The highest BCUT2D eigenvalue weighted by Gasteiger charge is 2.38. The number of hydrogen-bond donors (Lipinski definition) is 2. The van der Waals surface area contributed by atoms with Crippen LogP contribution < -0.4 is 0 Å². The molecule has 1 aliphatic heterocycles. The first-order valence-corrected chi connectivity index (χ1v) is 7.80. The lowest BCUT2D eigenvalue weighted by Crippen LogP contribution is -2.37. The lowest BCUT2D eigenvalue weighted by molar-refractivity contribution is -0.142. The fourth-order valence-electron chi connectivity index (χ4n) is 3.12. The summed E-state index contributed by atoms with van der Waals surface area (Å²) in [4.78, 5) is 40.4. The van der Waals surface area contributed by atoms with Gasteiger partial charge in [0.2, 0.25) is 0 Å². The summed E-state index contributed by atoms with van der Waals surface area (Å²) in [6, 6.07) is 7.83. The lowest BCUT2D eigenvalue weighted by atomic mass is 10.0. The van der Waals surface area contributed by atoms with Gasteiger partial charge in [-0.15, -0.1) is 0 Å². The molecule has 124 valence electrons. The monoisotopic (exact) mass is 326 g/mol. The highest BCUT2D eigenvalue weighted by molar-refractivity contribution is 6.09. The number of benzene rings is 1. The molecule has 6 heteroatoms. The fraction of sp³-hybridized carbons (Fsp3) is 0.278. The van der Waals surface area contributed by atoms with Crippen LogP contribution in [0.5, 0.6) is 0 Å². The molecular weight excluding hydrogens is 308 g/mol. The fourth-order valence-corrected chi connectivity index (χ4v) is 3.12. The minimum atomic E-state index is -0.870. The third kappa shape index (κ3) is 2.82. The maximum Gasteiger partial charge on any atom is 0.308 e. The maximum absolute atomic E-state index is 12.6. The molecule has 2 N–H and O–H groups in total. The maximum atomic E-state index is 12.6. The number of ketones is 1. The normalized spacial score (nSPS) is 20.1. The lowest BCUT2D eigenvalue weighted by Gasteiger charge is -2.23. The quantitative estimate of drug-likeness (QED) is 0.843. The molecular formula is C18H18N2O4. The highest BCUT2D eigenvalue weighted by Crippen LogP contribution is 2.26. The first-order valence-electron chi connectivity index (χ1n) is 7.80. The van der Waals surface area contributed by atoms with Crippen molar-refractivity contribution < 1.29 is 19.5 Å². The number of carbonyl (C=O) groups is 3. The molecule has 1 amide bonds. The Labute approximate surface area is 139 Å². The van der Waals surface area contributed by atoms with Gasteiger partial charge in [0.25, 0.3) is 5.91 Å². The summed E-state index contributed by atoms with van der Waals surface area (Å²) in [7, 11) is 0. The number of amides is 1. The van der Waals surface area contributed by atoms with Crippen LogP contribution in [0.25, 0.3) is 0 Å². The molecule has 2 aromatic rings. The van der Waals surface area contributed by atoms with Gasteiger partial charge in [0, 0.05) is 41.7 Å². The first kappa shape index (κ1) is 16.0. The number of aromatic nitrogens is 1. The zero-order valence-electron chi connectivity index (χ0n) is 13.2. The average Bonchev–Trinajstić information content (AvgIpc) is 3.23. The standard InChI is InChI=1S/C18H18N2O4/c1-11-15(18(23)24)7-9-20(11)17(22)13-4-2-12(3-5-13)16(21)14-6-8-19-10-14/h2-6,8,10-11,15,19H,7,9H2,1H3,(H,23,24). The molecule has 0 aliphatic carbocycles. The molecule has 0 saturated carbocycles. The second-order valence-corrected chi connectivity index (χ2v) is 5.98. The van der Waals surface area contributed by atoms with E-state index in [0.29, 0.717) is 29.7 Å². The van der Waals surface area contributed by atoms with Gasteiger partial charge in [-0.2, -0.15) is 0 Å². The third-order valence-electron chi connectivity index (χ3n) is 4.59. The van der Waals surface area contributed by atoms with Crippen LogP contribution in [-0.4, -0.2) is 45.2 Å². The van der Waals surface area contributed by atoms with Crippen LogP contribution in [0.2, 0.25) is 0 Å². The molecule has 2 heterocycles. The summed E-state index contributed by atoms with van der Waals surface area (Å²) in [6.45, 7) is 2.19. The van der Waals surface area contributed by atoms with E-state index < -0.39 is 11.9 Å². The zero-order valence-corrected chi connectivity index (χ0v) is 13.2. The van der Waals surface area contributed by atoms with Gasteiger partial charge >= 0.3 is 5.97 Å². The van der Waals surface area contributed by atoms with Crippen molar-refractivity contribution in [1.29, 1.82) is 0 Å². The van der Waals surface area contributed by atoms with Crippen LogP contribution >= 0.6 is 0 Å². The Bertz CT molecular complexity index is 765. The molecule has 1 aliphatic rings. The molecule has 0 spiro atoms. The van der Waals surface area contributed by atoms with Crippen molar-refractivity contribution in [2.24, 2.45) is 5.92 Å². The topological polar surface area (TPSA) is 90.5 Å². The minimum absolute atomic E-state index is 0.115. The number of nitrogens with one attached hydrogen (secondary N) is 1. The van der Waals surface area contributed by atoms with Crippen LogP contribution in [0.1, 0.15) is 39.6 Å². The van der Waals surface area contributed by atoms with Gasteiger partial charge in [0.05, 0.1) is 5.92 Å². The largest absolute Gasteiger partial charge is 0.481 e. The number of H-pyrrole nitrogens is 1. The molecule has 0 radical (unpaired) electrons. The van der Waals surface area contributed by atoms with Gasteiger partial charge < -0.3 is 15.0 Å². The molecule has 24 heavy (non-hydrogen) atoms. The molecule has 6 nitrogen and oxygen atoms in total. The molecule has 0 bridgehead atoms. The van der Waals surface area contributed by atoms with Crippen molar-refractivity contribution in [3.8, 4) is 0 Å². The Balaban J connectivity index is 1.75. The van der Waals surface area contributed by atoms with Gasteiger partial charge in [-0.3, -0.25) is 14.4 Å². The Hall–Kier alpha value is -2.89. The number of carboxylic acid groups (broad SMARTS) is 1. The number of aliphatic carboxylic acids is 1. The second-order valence-electron chi connectivity index (χ2n) is 5.98. The highest BCUT2D eigenvalue weighted by atomic mass is 16.4. The Morgan fingerprint density at radius 2 is 1.75 bits per heavy atom. The van der Waals surface area contributed by atoms with E-state index in [1.807, 2.05) is 0 Å².